The molecule has 240 valence electrons. The largest absolute Gasteiger partial charge is 0.490 e. The number of alkyl halides is 3. The molecule has 1 amide bonds. The van der Waals surface area contributed by atoms with Crippen molar-refractivity contribution >= 4 is 28.5 Å². The number of aromatic nitrogens is 1. The number of carbonyl (C=O) groups excluding carboxylic acids is 2. The van der Waals surface area contributed by atoms with Crippen molar-refractivity contribution in [3.05, 3.63) is 89.3 Å². The zero-order valence-electron chi connectivity index (χ0n) is 25.2. The first-order valence-corrected chi connectivity index (χ1v) is 15.9. The summed E-state index contributed by atoms with van der Waals surface area (Å²) >= 11 is 0. The summed E-state index contributed by atoms with van der Waals surface area (Å²) in [4.78, 5) is 32.5. The van der Waals surface area contributed by atoms with Gasteiger partial charge in [0.05, 0.1) is 5.56 Å². The molecule has 1 aromatic heterocycles. The van der Waals surface area contributed by atoms with Crippen LogP contribution in [0.1, 0.15) is 76.7 Å². The second-order valence-electron chi connectivity index (χ2n) is 12.5. The molecule has 11 heteroatoms. The van der Waals surface area contributed by atoms with Gasteiger partial charge in [-0.2, -0.15) is 13.2 Å². The lowest BCUT2D eigenvalue weighted by atomic mass is 9.81. The molecule has 3 aliphatic rings. The predicted octanol–water partition coefficient (Wildman–Crippen LogP) is 6.71. The molecule has 4 aromatic rings. The van der Waals surface area contributed by atoms with Gasteiger partial charge in [-0.15, -0.1) is 0 Å². The lowest BCUT2D eigenvalue weighted by Crippen LogP contribution is -2.38. The molecule has 1 aliphatic carbocycles. The van der Waals surface area contributed by atoms with Crippen molar-refractivity contribution in [3.8, 4) is 5.75 Å². The van der Waals surface area contributed by atoms with Crippen LogP contribution in [0.25, 0.3) is 11.1 Å². The van der Waals surface area contributed by atoms with Gasteiger partial charge in [-0.1, -0.05) is 24.3 Å². The quantitative estimate of drug-likeness (QED) is 0.164. The zero-order valence-corrected chi connectivity index (χ0v) is 25.2. The summed E-state index contributed by atoms with van der Waals surface area (Å²) in [5.41, 5.74) is 3.06. The second kappa shape index (κ2) is 12.4. The molecule has 7 rings (SSSR count). The number of hydrogen-bond acceptors (Lipinski definition) is 7. The summed E-state index contributed by atoms with van der Waals surface area (Å²) in [6, 6.07) is 18.8. The van der Waals surface area contributed by atoms with Crippen molar-refractivity contribution in [1.82, 2.24) is 15.6 Å². The fourth-order valence-corrected chi connectivity index (χ4v) is 6.52. The number of fused-ring (bicyclic) bond motifs is 1. The first-order valence-electron chi connectivity index (χ1n) is 15.9. The van der Waals surface area contributed by atoms with E-state index in [0.29, 0.717) is 74.5 Å². The van der Waals surface area contributed by atoms with Crippen molar-refractivity contribution in [3.63, 3.8) is 0 Å². The third kappa shape index (κ3) is 6.74. The number of amides is 1. The number of piperidine rings is 1. The third-order valence-electron chi connectivity index (χ3n) is 9.30. The standard InChI is InChI=1S/C35H35F3N4O4/c36-35(37,38)24-7-11-26(12-8-24)42-17-15-27(16-18-42)45-28-13-14-29-31(19-28)46-34(41-29)33(44)40-25-9-5-23(6-10-25)32(43)22-3-1-21(2-4-22)30-20-39-30/h1-4,7-8,11-14,19,23,25,27,30,39H,5-6,9-10,15-18,20H2,(H,40,44). The average molecular weight is 633 g/mol. The van der Waals surface area contributed by atoms with E-state index in [4.69, 9.17) is 9.15 Å². The minimum Gasteiger partial charge on any atom is -0.490 e. The number of anilines is 1. The molecule has 0 radical (unpaired) electrons. The summed E-state index contributed by atoms with van der Waals surface area (Å²) in [5, 5.41) is 6.30. The van der Waals surface area contributed by atoms with E-state index in [1.54, 1.807) is 18.2 Å². The summed E-state index contributed by atoms with van der Waals surface area (Å²) < 4.78 is 50.7. The average Bonchev–Trinajstić information content (AvgIpc) is 3.83. The lowest BCUT2D eigenvalue weighted by Gasteiger charge is -2.33. The van der Waals surface area contributed by atoms with Crippen LogP contribution in [-0.2, 0) is 6.18 Å². The Balaban J connectivity index is 0.890. The lowest BCUT2D eigenvalue weighted by molar-refractivity contribution is -0.137. The zero-order chi connectivity index (χ0) is 31.8. The molecule has 46 heavy (non-hydrogen) atoms. The Labute approximate surface area is 264 Å². The van der Waals surface area contributed by atoms with Gasteiger partial charge in [0, 0.05) is 67.8 Å². The molecule has 3 aromatic carbocycles. The number of nitrogens with one attached hydrogen (secondary N) is 2. The van der Waals surface area contributed by atoms with E-state index in [9.17, 15) is 22.8 Å². The Morgan fingerprint density at radius 2 is 1.61 bits per heavy atom. The van der Waals surface area contributed by atoms with E-state index >= 15 is 0 Å². The monoisotopic (exact) mass is 632 g/mol. The number of rotatable bonds is 8. The van der Waals surface area contributed by atoms with Gasteiger partial charge in [0.2, 0.25) is 0 Å². The summed E-state index contributed by atoms with van der Waals surface area (Å²) in [6.07, 6.45) is -0.138. The molecule has 1 unspecified atom stereocenters. The molecule has 2 N–H and O–H groups in total. The van der Waals surface area contributed by atoms with E-state index in [2.05, 4.69) is 20.5 Å². The van der Waals surface area contributed by atoms with Crippen LogP contribution in [-0.4, -0.2) is 48.5 Å². The number of benzene rings is 3. The molecule has 2 saturated heterocycles. The molecular weight excluding hydrogens is 597 g/mol. The molecule has 3 fully saturated rings. The van der Waals surface area contributed by atoms with Crippen molar-refractivity contribution in [2.45, 2.75) is 62.9 Å². The molecule has 2 aliphatic heterocycles. The van der Waals surface area contributed by atoms with E-state index in [1.165, 1.54) is 17.7 Å². The highest BCUT2D eigenvalue weighted by Crippen LogP contribution is 2.32. The van der Waals surface area contributed by atoms with Crippen molar-refractivity contribution in [2.75, 3.05) is 24.5 Å². The highest BCUT2D eigenvalue weighted by molar-refractivity contribution is 5.98. The number of Topliss-reactive ketones (excluding diaryl/α,β-unsaturated/α-hetero) is 1. The van der Waals surface area contributed by atoms with E-state index in [1.807, 2.05) is 24.3 Å². The maximum atomic E-state index is 13.0. The predicted molar refractivity (Wildman–Crippen MR) is 166 cm³/mol. The summed E-state index contributed by atoms with van der Waals surface area (Å²) in [7, 11) is 0. The Morgan fingerprint density at radius 3 is 2.26 bits per heavy atom. The second-order valence-corrected chi connectivity index (χ2v) is 12.5. The molecule has 3 heterocycles. The Kier molecular flexibility index (Phi) is 8.18. The van der Waals surface area contributed by atoms with E-state index < -0.39 is 11.7 Å². The number of nitrogens with zero attached hydrogens (tertiary/aromatic N) is 2. The number of ether oxygens (including phenoxy) is 1. The molecule has 1 atom stereocenters. The van der Waals surface area contributed by atoms with Crippen molar-refractivity contribution in [1.29, 1.82) is 0 Å². The minimum atomic E-state index is -4.35. The van der Waals surface area contributed by atoms with Crippen LogP contribution >= 0.6 is 0 Å². The maximum absolute atomic E-state index is 13.0. The third-order valence-corrected chi connectivity index (χ3v) is 9.30. The number of ketones is 1. The highest BCUT2D eigenvalue weighted by Gasteiger charge is 2.31. The first kappa shape index (κ1) is 30.3. The Morgan fingerprint density at radius 1 is 0.913 bits per heavy atom. The highest BCUT2D eigenvalue weighted by atomic mass is 19.4. The van der Waals surface area contributed by atoms with Crippen LogP contribution in [0.3, 0.4) is 0 Å². The maximum Gasteiger partial charge on any atom is 0.416 e. The normalized spacial score (nSPS) is 22.1. The van der Waals surface area contributed by atoms with E-state index in [0.717, 1.165) is 29.9 Å². The minimum absolute atomic E-state index is 0.0135. The molecular formula is C35H35F3N4O4. The topological polar surface area (TPSA) is 107 Å². The summed E-state index contributed by atoms with van der Waals surface area (Å²) in [6.45, 7) is 2.31. The van der Waals surface area contributed by atoms with E-state index in [-0.39, 0.29) is 35.6 Å². The van der Waals surface area contributed by atoms with Gasteiger partial charge in [0.1, 0.15) is 17.4 Å². The fraction of sp³-hybridized carbons (Fsp3) is 0.400. The van der Waals surface area contributed by atoms with Crippen LogP contribution in [0, 0.1) is 5.92 Å². The smallest absolute Gasteiger partial charge is 0.416 e. The van der Waals surface area contributed by atoms with Gasteiger partial charge >= 0.3 is 12.1 Å². The number of carbonyl (C=O) groups is 2. The first-order chi connectivity index (χ1) is 22.2. The molecule has 1 saturated carbocycles. The number of hydrogen-bond donors (Lipinski definition) is 2. The van der Waals surface area contributed by atoms with Gasteiger partial charge in [0.15, 0.2) is 11.4 Å². The van der Waals surface area contributed by atoms with Gasteiger partial charge in [-0.3, -0.25) is 9.59 Å². The molecule has 8 nitrogen and oxygen atoms in total. The van der Waals surface area contributed by atoms with Crippen LogP contribution in [0.2, 0.25) is 0 Å². The molecule has 0 spiro atoms. The number of halogens is 3. The van der Waals surface area contributed by atoms with Gasteiger partial charge in [0.25, 0.3) is 5.89 Å². The fourth-order valence-electron chi connectivity index (χ4n) is 6.52. The van der Waals surface area contributed by atoms with Crippen molar-refractivity contribution < 1.29 is 31.9 Å². The van der Waals surface area contributed by atoms with Crippen molar-refractivity contribution in [2.24, 2.45) is 5.92 Å². The van der Waals surface area contributed by atoms with Gasteiger partial charge in [-0.25, -0.2) is 4.98 Å². The Bertz CT molecular complexity index is 1700. The number of oxazole rings is 1. The van der Waals surface area contributed by atoms with Crippen LogP contribution in [0.15, 0.2) is 71.1 Å². The van der Waals surface area contributed by atoms with Crippen LogP contribution in [0.4, 0.5) is 18.9 Å². The van der Waals surface area contributed by atoms with Crippen LogP contribution < -0.4 is 20.3 Å². The van der Waals surface area contributed by atoms with Crippen LogP contribution in [0.5, 0.6) is 5.75 Å². The SMILES string of the molecule is O=C(NC1CCC(C(=O)c2ccc(C3CN3)cc2)CC1)c1nc2ccc(OC3CCN(c4ccc(C(F)(F)F)cc4)CC3)cc2o1. The van der Waals surface area contributed by atoms with Gasteiger partial charge < -0.3 is 24.7 Å². The Hall–Kier alpha value is -4.38. The molecule has 0 bridgehead atoms. The van der Waals surface area contributed by atoms with Gasteiger partial charge in [-0.05, 0) is 67.6 Å². The summed E-state index contributed by atoms with van der Waals surface area (Å²) in [5.74, 6) is 0.332.